The van der Waals surface area contributed by atoms with Gasteiger partial charge in [0.15, 0.2) is 0 Å². The Labute approximate surface area is 112 Å². The summed E-state index contributed by atoms with van der Waals surface area (Å²) < 4.78 is 12.9. The van der Waals surface area contributed by atoms with E-state index < -0.39 is 5.97 Å². The van der Waals surface area contributed by atoms with E-state index in [2.05, 4.69) is 0 Å². The highest BCUT2D eigenvalue weighted by molar-refractivity contribution is 5.70. The first-order valence-corrected chi connectivity index (χ1v) is 6.63. The lowest BCUT2D eigenvalue weighted by atomic mass is 9.68. The number of hydrogen-bond acceptors (Lipinski definition) is 2. The van der Waals surface area contributed by atoms with Crippen molar-refractivity contribution in [1.82, 2.24) is 0 Å². The first kappa shape index (κ1) is 14.0. The first-order valence-electron chi connectivity index (χ1n) is 6.63. The second kappa shape index (κ2) is 5.70. The molecule has 1 aliphatic rings. The highest BCUT2D eigenvalue weighted by Gasteiger charge is 2.37. The highest BCUT2D eigenvalue weighted by Crippen LogP contribution is 2.41. The molecule has 19 heavy (non-hydrogen) atoms. The third-order valence-electron chi connectivity index (χ3n) is 4.22. The van der Waals surface area contributed by atoms with E-state index in [1.165, 1.54) is 12.1 Å². The molecule has 1 saturated carbocycles. The van der Waals surface area contributed by atoms with Crippen molar-refractivity contribution >= 4 is 5.97 Å². The zero-order valence-electron chi connectivity index (χ0n) is 10.8. The molecule has 0 bridgehead atoms. The summed E-state index contributed by atoms with van der Waals surface area (Å²) in [4.78, 5) is 10.9. The van der Waals surface area contributed by atoms with Gasteiger partial charge in [0, 0.05) is 6.61 Å². The van der Waals surface area contributed by atoms with Crippen LogP contribution in [0.25, 0.3) is 0 Å². The second-order valence-electron chi connectivity index (χ2n) is 5.57. The van der Waals surface area contributed by atoms with Gasteiger partial charge in [0.2, 0.25) is 0 Å². The molecule has 4 heteroatoms. The van der Waals surface area contributed by atoms with Crippen LogP contribution in [0.3, 0.4) is 0 Å². The predicted molar refractivity (Wildman–Crippen MR) is 69.2 cm³/mol. The van der Waals surface area contributed by atoms with Crippen molar-refractivity contribution < 1.29 is 19.4 Å². The van der Waals surface area contributed by atoms with Gasteiger partial charge in [-0.05, 0) is 55.2 Å². The van der Waals surface area contributed by atoms with Crippen molar-refractivity contribution in [1.29, 1.82) is 0 Å². The average Bonchev–Trinajstić information content (AvgIpc) is 2.42. The molecule has 104 valence electrons. The lowest BCUT2D eigenvalue weighted by molar-refractivity contribution is -0.144. The Morgan fingerprint density at radius 3 is 2.32 bits per heavy atom. The zero-order valence-corrected chi connectivity index (χ0v) is 10.8. The highest BCUT2D eigenvalue weighted by atomic mass is 19.1. The Kier molecular flexibility index (Phi) is 4.20. The summed E-state index contributed by atoms with van der Waals surface area (Å²) in [7, 11) is 0. The predicted octanol–water partition coefficient (Wildman–Crippen LogP) is 2.62. The number of hydrogen-bond donors (Lipinski definition) is 2. The Balaban J connectivity index is 2.04. The maximum atomic E-state index is 12.9. The summed E-state index contributed by atoms with van der Waals surface area (Å²) >= 11 is 0. The van der Waals surface area contributed by atoms with E-state index in [0.717, 1.165) is 5.56 Å². The number of rotatable bonds is 4. The van der Waals surface area contributed by atoms with Crippen LogP contribution in [0.15, 0.2) is 24.3 Å². The number of benzene rings is 1. The maximum absolute atomic E-state index is 12.9. The van der Waals surface area contributed by atoms with Crippen molar-refractivity contribution in [3.63, 3.8) is 0 Å². The summed E-state index contributed by atoms with van der Waals surface area (Å²) in [5.74, 6) is -1.29. The number of aliphatic carboxylic acids is 1. The van der Waals surface area contributed by atoms with Gasteiger partial charge < -0.3 is 10.2 Å². The molecular weight excluding hydrogens is 247 g/mol. The topological polar surface area (TPSA) is 57.5 Å². The molecule has 0 aromatic heterocycles. The van der Waals surface area contributed by atoms with Gasteiger partial charge in [0.25, 0.3) is 0 Å². The van der Waals surface area contributed by atoms with Crippen LogP contribution in [0.2, 0.25) is 0 Å². The quantitative estimate of drug-likeness (QED) is 0.880. The van der Waals surface area contributed by atoms with Gasteiger partial charge in [-0.25, -0.2) is 4.39 Å². The van der Waals surface area contributed by atoms with E-state index in [4.69, 9.17) is 5.11 Å². The first-order chi connectivity index (χ1) is 9.04. The van der Waals surface area contributed by atoms with Gasteiger partial charge in [-0.1, -0.05) is 12.1 Å². The molecule has 0 amide bonds. The molecule has 0 heterocycles. The summed E-state index contributed by atoms with van der Waals surface area (Å²) in [6.07, 6.45) is 3.31. The van der Waals surface area contributed by atoms with Crippen molar-refractivity contribution in [2.45, 2.75) is 32.1 Å². The Morgan fingerprint density at radius 2 is 1.84 bits per heavy atom. The summed E-state index contributed by atoms with van der Waals surface area (Å²) in [6, 6.07) is 6.30. The van der Waals surface area contributed by atoms with Crippen LogP contribution in [0, 0.1) is 17.2 Å². The molecule has 0 aliphatic heterocycles. The molecule has 1 aromatic carbocycles. The summed E-state index contributed by atoms with van der Waals surface area (Å²) in [5.41, 5.74) is 0.744. The van der Waals surface area contributed by atoms with Gasteiger partial charge >= 0.3 is 5.97 Å². The molecule has 0 spiro atoms. The summed E-state index contributed by atoms with van der Waals surface area (Å²) in [5, 5.41) is 18.7. The minimum absolute atomic E-state index is 0.0523. The standard InChI is InChI=1S/C15H19FO3/c16-13-3-1-11(2-4-13)9-15(10-17)7-5-12(6-8-15)14(18)19/h1-4,12,17H,5-10H2,(H,18,19). The van der Waals surface area contributed by atoms with Crippen LogP contribution < -0.4 is 0 Å². The fraction of sp³-hybridized carbons (Fsp3) is 0.533. The van der Waals surface area contributed by atoms with Crippen LogP contribution in [0.1, 0.15) is 31.2 Å². The van der Waals surface area contributed by atoms with Gasteiger partial charge in [0.1, 0.15) is 5.82 Å². The second-order valence-corrected chi connectivity index (χ2v) is 5.57. The minimum atomic E-state index is -0.742. The smallest absolute Gasteiger partial charge is 0.306 e. The SMILES string of the molecule is O=C(O)C1CCC(CO)(Cc2ccc(F)cc2)CC1. The number of carboxylic acids is 1. The van der Waals surface area contributed by atoms with E-state index in [9.17, 15) is 14.3 Å². The molecule has 1 aromatic rings. The van der Waals surface area contributed by atoms with Crippen molar-refractivity contribution in [2.75, 3.05) is 6.61 Å². The Bertz CT molecular complexity index is 433. The van der Waals surface area contributed by atoms with Gasteiger partial charge in [0.05, 0.1) is 5.92 Å². The normalized spacial score (nSPS) is 27.2. The Hall–Kier alpha value is -1.42. The molecule has 1 aliphatic carbocycles. The van der Waals surface area contributed by atoms with Crippen molar-refractivity contribution in [2.24, 2.45) is 11.3 Å². The third kappa shape index (κ3) is 3.32. The molecule has 2 rings (SSSR count). The number of aliphatic hydroxyl groups excluding tert-OH is 1. The van der Waals surface area contributed by atoms with Gasteiger partial charge in [-0.3, -0.25) is 4.79 Å². The van der Waals surface area contributed by atoms with Crippen LogP contribution >= 0.6 is 0 Å². The molecule has 3 nitrogen and oxygen atoms in total. The lowest BCUT2D eigenvalue weighted by Crippen LogP contribution is -2.35. The van der Waals surface area contributed by atoms with E-state index in [-0.39, 0.29) is 23.8 Å². The molecule has 0 unspecified atom stereocenters. The monoisotopic (exact) mass is 266 g/mol. The maximum Gasteiger partial charge on any atom is 0.306 e. The van der Waals surface area contributed by atoms with E-state index in [0.29, 0.717) is 32.1 Å². The largest absolute Gasteiger partial charge is 0.481 e. The summed E-state index contributed by atoms with van der Waals surface area (Å²) in [6.45, 7) is 0.0523. The molecule has 2 N–H and O–H groups in total. The number of halogens is 1. The van der Waals surface area contributed by atoms with E-state index >= 15 is 0 Å². The molecule has 0 atom stereocenters. The van der Waals surface area contributed by atoms with Crippen LogP contribution in [-0.4, -0.2) is 22.8 Å². The van der Waals surface area contributed by atoms with E-state index in [1.807, 2.05) is 0 Å². The Morgan fingerprint density at radius 1 is 1.26 bits per heavy atom. The number of carbonyl (C=O) groups is 1. The van der Waals surface area contributed by atoms with Crippen LogP contribution in [0.5, 0.6) is 0 Å². The molecular formula is C15H19FO3. The van der Waals surface area contributed by atoms with Crippen molar-refractivity contribution in [3.8, 4) is 0 Å². The molecule has 1 fully saturated rings. The third-order valence-corrected chi connectivity index (χ3v) is 4.22. The molecule has 0 saturated heterocycles. The fourth-order valence-corrected chi connectivity index (χ4v) is 2.90. The van der Waals surface area contributed by atoms with Gasteiger partial charge in [-0.2, -0.15) is 0 Å². The van der Waals surface area contributed by atoms with Crippen LogP contribution in [-0.2, 0) is 11.2 Å². The minimum Gasteiger partial charge on any atom is -0.481 e. The average molecular weight is 266 g/mol. The van der Waals surface area contributed by atoms with Crippen molar-refractivity contribution in [3.05, 3.63) is 35.6 Å². The fourth-order valence-electron chi connectivity index (χ4n) is 2.90. The van der Waals surface area contributed by atoms with Crippen LogP contribution in [0.4, 0.5) is 4.39 Å². The van der Waals surface area contributed by atoms with E-state index in [1.54, 1.807) is 12.1 Å². The number of carboxylic acid groups (broad SMARTS) is 1. The molecule has 0 radical (unpaired) electrons. The number of aliphatic hydroxyl groups is 1. The van der Waals surface area contributed by atoms with Gasteiger partial charge in [-0.15, -0.1) is 0 Å². The zero-order chi connectivity index (χ0) is 13.9. The lowest BCUT2D eigenvalue weighted by Gasteiger charge is -2.38.